The van der Waals surface area contributed by atoms with Crippen molar-refractivity contribution in [3.05, 3.63) is 53.6 Å². The summed E-state index contributed by atoms with van der Waals surface area (Å²) in [6.45, 7) is 2.14. The van der Waals surface area contributed by atoms with Crippen LogP contribution >= 0.6 is 0 Å². The van der Waals surface area contributed by atoms with Crippen LogP contribution in [0.3, 0.4) is 0 Å². The summed E-state index contributed by atoms with van der Waals surface area (Å²) in [5, 5.41) is 8.88. The van der Waals surface area contributed by atoms with Crippen molar-refractivity contribution in [1.29, 1.82) is 5.26 Å². The van der Waals surface area contributed by atoms with Crippen molar-refractivity contribution >= 4 is 17.1 Å². The first-order valence-electron chi connectivity index (χ1n) is 6.28. The second kappa shape index (κ2) is 5.45. The van der Waals surface area contributed by atoms with Gasteiger partial charge in [0.25, 0.3) is 0 Å². The number of nitrogens with zero attached hydrogens (tertiary/aromatic N) is 2. The van der Waals surface area contributed by atoms with E-state index in [2.05, 4.69) is 42.2 Å². The molecule has 0 aliphatic heterocycles. The van der Waals surface area contributed by atoms with E-state index in [1.807, 2.05) is 19.2 Å². The van der Waals surface area contributed by atoms with Gasteiger partial charge in [-0.15, -0.1) is 0 Å². The predicted octanol–water partition coefficient (Wildman–Crippen LogP) is 3.47. The maximum Gasteiger partial charge on any atom is 0.101 e. The predicted molar refractivity (Wildman–Crippen MR) is 79.5 cm³/mol. The van der Waals surface area contributed by atoms with Gasteiger partial charge in [0.05, 0.1) is 11.3 Å². The highest BCUT2D eigenvalue weighted by atomic mass is 15.1. The van der Waals surface area contributed by atoms with Gasteiger partial charge < -0.3 is 10.6 Å². The molecule has 2 rings (SSSR count). The lowest BCUT2D eigenvalue weighted by atomic mass is 10.1. The second-order valence-electron chi connectivity index (χ2n) is 4.46. The number of nitriles is 1. The highest BCUT2D eigenvalue weighted by Gasteiger charge is 2.06. The van der Waals surface area contributed by atoms with Crippen LogP contribution in [0.5, 0.6) is 0 Å². The quantitative estimate of drug-likeness (QED) is 0.850. The Bertz CT molecular complexity index is 609. The number of nitrogen functional groups attached to an aromatic ring is 1. The molecule has 0 atom stereocenters. The van der Waals surface area contributed by atoms with Crippen molar-refractivity contribution in [2.75, 3.05) is 17.7 Å². The van der Waals surface area contributed by atoms with Gasteiger partial charge in [-0.1, -0.05) is 19.1 Å². The summed E-state index contributed by atoms with van der Waals surface area (Å²) in [5.41, 5.74) is 10.3. The number of hydrogen-bond acceptors (Lipinski definition) is 3. The largest absolute Gasteiger partial charge is 0.398 e. The van der Waals surface area contributed by atoms with Crippen molar-refractivity contribution in [1.82, 2.24) is 0 Å². The molecule has 96 valence electrons. The fraction of sp³-hybridized carbons (Fsp3) is 0.188. The Morgan fingerprint density at radius 2 is 1.74 bits per heavy atom. The number of aryl methyl sites for hydroxylation is 1. The molecular weight excluding hydrogens is 234 g/mol. The lowest BCUT2D eigenvalue weighted by Crippen LogP contribution is -2.10. The highest BCUT2D eigenvalue weighted by Crippen LogP contribution is 2.26. The minimum absolute atomic E-state index is 0.511. The summed E-state index contributed by atoms with van der Waals surface area (Å²) in [6, 6.07) is 16.0. The van der Waals surface area contributed by atoms with E-state index < -0.39 is 0 Å². The van der Waals surface area contributed by atoms with E-state index in [4.69, 9.17) is 11.0 Å². The van der Waals surface area contributed by atoms with Crippen molar-refractivity contribution in [2.24, 2.45) is 0 Å². The molecule has 0 unspecified atom stereocenters. The minimum Gasteiger partial charge on any atom is -0.398 e. The van der Waals surface area contributed by atoms with Crippen LogP contribution in [0.2, 0.25) is 0 Å². The molecule has 0 saturated carbocycles. The smallest absolute Gasteiger partial charge is 0.101 e. The number of rotatable bonds is 3. The van der Waals surface area contributed by atoms with Crippen LogP contribution < -0.4 is 10.6 Å². The van der Waals surface area contributed by atoms with Gasteiger partial charge in [-0.05, 0) is 42.3 Å². The zero-order valence-corrected chi connectivity index (χ0v) is 11.2. The molecule has 0 radical (unpaired) electrons. The van der Waals surface area contributed by atoms with Gasteiger partial charge in [0.15, 0.2) is 0 Å². The number of anilines is 3. The molecular formula is C16H17N3. The van der Waals surface area contributed by atoms with Crippen LogP contribution in [0, 0.1) is 11.3 Å². The van der Waals surface area contributed by atoms with E-state index in [0.717, 1.165) is 17.8 Å². The van der Waals surface area contributed by atoms with E-state index in [1.165, 1.54) is 5.56 Å². The zero-order valence-electron chi connectivity index (χ0n) is 11.2. The van der Waals surface area contributed by atoms with Crippen molar-refractivity contribution < 1.29 is 0 Å². The molecule has 19 heavy (non-hydrogen) atoms. The van der Waals surface area contributed by atoms with Gasteiger partial charge in [0.2, 0.25) is 0 Å². The molecule has 0 aromatic heterocycles. The zero-order chi connectivity index (χ0) is 13.8. The molecule has 2 aromatic rings. The van der Waals surface area contributed by atoms with Gasteiger partial charge in [0, 0.05) is 18.4 Å². The molecule has 0 aliphatic carbocycles. The maximum absolute atomic E-state index is 8.88. The van der Waals surface area contributed by atoms with Crippen LogP contribution in [0.1, 0.15) is 18.1 Å². The summed E-state index contributed by atoms with van der Waals surface area (Å²) >= 11 is 0. The molecule has 3 heteroatoms. The molecule has 3 nitrogen and oxygen atoms in total. The molecule has 0 saturated heterocycles. The summed E-state index contributed by atoms with van der Waals surface area (Å²) in [6.07, 6.45) is 1.04. The average Bonchev–Trinajstić information content (AvgIpc) is 2.46. The van der Waals surface area contributed by atoms with Crippen LogP contribution in [0.4, 0.5) is 17.1 Å². The Hall–Kier alpha value is -2.47. The standard InChI is InChI=1S/C16H17N3/c1-3-12-4-7-14(8-5-12)19(2)15-9-6-13(11-17)16(18)10-15/h4-10H,3,18H2,1-2H3. The van der Waals surface area contributed by atoms with Gasteiger partial charge >= 0.3 is 0 Å². The van der Waals surface area contributed by atoms with Crippen molar-refractivity contribution in [3.8, 4) is 6.07 Å². The molecule has 0 aliphatic rings. The third-order valence-corrected chi connectivity index (χ3v) is 3.27. The lowest BCUT2D eigenvalue weighted by molar-refractivity contribution is 1.13. The summed E-state index contributed by atoms with van der Waals surface area (Å²) in [7, 11) is 1.99. The van der Waals surface area contributed by atoms with Gasteiger partial charge in [-0.25, -0.2) is 0 Å². The Kier molecular flexibility index (Phi) is 3.72. The molecule has 0 amide bonds. The molecule has 0 spiro atoms. The number of benzene rings is 2. The van der Waals surface area contributed by atoms with Crippen LogP contribution in [0.15, 0.2) is 42.5 Å². The molecule has 0 bridgehead atoms. The fourth-order valence-corrected chi connectivity index (χ4v) is 1.96. The van der Waals surface area contributed by atoms with E-state index in [1.54, 1.807) is 6.07 Å². The second-order valence-corrected chi connectivity index (χ2v) is 4.46. The maximum atomic E-state index is 8.88. The summed E-state index contributed by atoms with van der Waals surface area (Å²) in [4.78, 5) is 2.05. The number of nitrogens with two attached hydrogens (primary N) is 1. The summed E-state index contributed by atoms with van der Waals surface area (Å²) < 4.78 is 0. The first kappa shape index (κ1) is 13.0. The minimum atomic E-state index is 0.511. The Morgan fingerprint density at radius 1 is 1.11 bits per heavy atom. The van der Waals surface area contributed by atoms with Crippen molar-refractivity contribution in [2.45, 2.75) is 13.3 Å². The van der Waals surface area contributed by atoms with Crippen LogP contribution in [-0.2, 0) is 6.42 Å². The van der Waals surface area contributed by atoms with Crippen LogP contribution in [-0.4, -0.2) is 7.05 Å². The van der Waals surface area contributed by atoms with Crippen LogP contribution in [0.25, 0.3) is 0 Å². The highest BCUT2D eigenvalue weighted by molar-refractivity contribution is 5.69. The Balaban J connectivity index is 2.30. The molecule has 0 heterocycles. The molecule has 0 fully saturated rings. The Labute approximate surface area is 113 Å². The molecule has 2 N–H and O–H groups in total. The first-order valence-corrected chi connectivity index (χ1v) is 6.28. The van der Waals surface area contributed by atoms with E-state index in [0.29, 0.717) is 11.3 Å². The number of hydrogen-bond donors (Lipinski definition) is 1. The fourth-order valence-electron chi connectivity index (χ4n) is 1.96. The molecule has 2 aromatic carbocycles. The average molecular weight is 251 g/mol. The summed E-state index contributed by atoms with van der Waals surface area (Å²) in [5.74, 6) is 0. The van der Waals surface area contributed by atoms with Gasteiger partial charge in [-0.3, -0.25) is 0 Å². The third-order valence-electron chi connectivity index (χ3n) is 3.27. The Morgan fingerprint density at radius 3 is 2.26 bits per heavy atom. The van der Waals surface area contributed by atoms with Crippen molar-refractivity contribution in [3.63, 3.8) is 0 Å². The third kappa shape index (κ3) is 2.69. The first-order chi connectivity index (χ1) is 9.15. The SMILES string of the molecule is CCc1ccc(N(C)c2ccc(C#N)c(N)c2)cc1. The van der Waals surface area contributed by atoms with Gasteiger partial charge in [-0.2, -0.15) is 5.26 Å². The van der Waals surface area contributed by atoms with E-state index in [-0.39, 0.29) is 0 Å². The lowest BCUT2D eigenvalue weighted by Gasteiger charge is -2.20. The van der Waals surface area contributed by atoms with E-state index in [9.17, 15) is 0 Å². The van der Waals surface area contributed by atoms with Gasteiger partial charge in [0.1, 0.15) is 6.07 Å². The normalized spacial score (nSPS) is 9.95. The monoisotopic (exact) mass is 251 g/mol. The van der Waals surface area contributed by atoms with E-state index >= 15 is 0 Å². The topological polar surface area (TPSA) is 53.0 Å².